The Bertz CT molecular complexity index is 552. The molecule has 0 fully saturated rings. The predicted octanol–water partition coefficient (Wildman–Crippen LogP) is 4.27. The normalized spacial score (nSPS) is 10.2. The number of hydrogen-bond acceptors (Lipinski definition) is 2. The second-order valence-corrected chi connectivity index (χ2v) is 4.46. The molecule has 2 aromatic carbocycles. The molecule has 0 amide bonds. The minimum atomic E-state index is -0.298. The van der Waals surface area contributed by atoms with Gasteiger partial charge in [-0.3, -0.25) is 0 Å². The Morgan fingerprint density at radius 3 is 2.17 bits per heavy atom. The molecule has 2 aromatic rings. The van der Waals surface area contributed by atoms with Crippen LogP contribution in [0.5, 0.6) is 11.5 Å². The number of benzene rings is 2. The van der Waals surface area contributed by atoms with Crippen molar-refractivity contribution in [2.45, 2.75) is 0 Å². The summed E-state index contributed by atoms with van der Waals surface area (Å²) in [6.45, 7) is 0. The first-order valence-corrected chi connectivity index (χ1v) is 6.13. The first-order chi connectivity index (χ1) is 8.67. The molecule has 2 nitrogen and oxygen atoms in total. The Morgan fingerprint density at radius 1 is 0.944 bits per heavy atom. The van der Waals surface area contributed by atoms with Crippen LogP contribution in [0.3, 0.4) is 0 Å². The van der Waals surface area contributed by atoms with Crippen molar-refractivity contribution in [3.05, 3.63) is 46.7 Å². The second-order valence-electron chi connectivity index (χ2n) is 3.67. The summed E-state index contributed by atoms with van der Waals surface area (Å²) in [7, 11) is 3.15. The quantitative estimate of drug-likeness (QED) is 0.842. The van der Waals surface area contributed by atoms with Crippen molar-refractivity contribution in [3.8, 4) is 22.6 Å². The molecule has 0 heterocycles. The van der Waals surface area contributed by atoms with E-state index >= 15 is 0 Å². The van der Waals surface area contributed by atoms with Gasteiger partial charge in [0.15, 0.2) is 0 Å². The molecule has 0 saturated heterocycles. The molecule has 0 atom stereocenters. The highest BCUT2D eigenvalue weighted by Crippen LogP contribution is 2.37. The fraction of sp³-hybridized carbons (Fsp3) is 0.143. The molecule has 2 rings (SSSR count). The van der Waals surface area contributed by atoms with Gasteiger partial charge in [0.1, 0.15) is 17.3 Å². The molecule has 0 aliphatic carbocycles. The molecule has 0 N–H and O–H groups in total. The standard InChI is InChI=1S/C14H12BrFO2/c1-17-10-5-3-9(4-6-10)13-11(16)7-8-12(18-2)14(13)15/h3-8H,1-2H3. The zero-order valence-electron chi connectivity index (χ0n) is 10.0. The van der Waals surface area contributed by atoms with Gasteiger partial charge < -0.3 is 9.47 Å². The molecule has 0 aliphatic rings. The third-order valence-corrected chi connectivity index (χ3v) is 3.44. The van der Waals surface area contributed by atoms with E-state index < -0.39 is 0 Å². The number of rotatable bonds is 3. The van der Waals surface area contributed by atoms with Crippen LogP contribution in [0.2, 0.25) is 0 Å². The van der Waals surface area contributed by atoms with E-state index in [9.17, 15) is 4.39 Å². The summed E-state index contributed by atoms with van der Waals surface area (Å²) in [6.07, 6.45) is 0. The maximum absolute atomic E-state index is 13.9. The average molecular weight is 311 g/mol. The van der Waals surface area contributed by atoms with Crippen LogP contribution < -0.4 is 9.47 Å². The van der Waals surface area contributed by atoms with Crippen LogP contribution in [-0.4, -0.2) is 14.2 Å². The van der Waals surface area contributed by atoms with Gasteiger partial charge in [-0.1, -0.05) is 12.1 Å². The van der Waals surface area contributed by atoms with Crippen molar-refractivity contribution in [3.63, 3.8) is 0 Å². The van der Waals surface area contributed by atoms with Crippen LogP contribution >= 0.6 is 15.9 Å². The van der Waals surface area contributed by atoms with Crippen molar-refractivity contribution in [1.82, 2.24) is 0 Å². The first kappa shape index (κ1) is 12.9. The van der Waals surface area contributed by atoms with Gasteiger partial charge >= 0.3 is 0 Å². The van der Waals surface area contributed by atoms with Crippen LogP contribution in [0, 0.1) is 5.82 Å². The van der Waals surface area contributed by atoms with Crippen molar-refractivity contribution in [2.75, 3.05) is 14.2 Å². The topological polar surface area (TPSA) is 18.5 Å². The summed E-state index contributed by atoms with van der Waals surface area (Å²) < 4.78 is 24.8. The lowest BCUT2D eigenvalue weighted by molar-refractivity contribution is 0.411. The monoisotopic (exact) mass is 310 g/mol. The lowest BCUT2D eigenvalue weighted by atomic mass is 10.0. The van der Waals surface area contributed by atoms with Gasteiger partial charge in [0.25, 0.3) is 0 Å². The van der Waals surface area contributed by atoms with Gasteiger partial charge in [0, 0.05) is 5.56 Å². The van der Waals surface area contributed by atoms with Crippen LogP contribution in [0.1, 0.15) is 0 Å². The van der Waals surface area contributed by atoms with Crippen molar-refractivity contribution >= 4 is 15.9 Å². The van der Waals surface area contributed by atoms with E-state index in [4.69, 9.17) is 9.47 Å². The number of hydrogen-bond donors (Lipinski definition) is 0. The Hall–Kier alpha value is -1.55. The molecule has 4 heteroatoms. The summed E-state index contributed by atoms with van der Waals surface area (Å²) in [5, 5.41) is 0. The Kier molecular flexibility index (Phi) is 3.87. The molecule has 0 radical (unpaired) electrons. The molecule has 0 bridgehead atoms. The van der Waals surface area contributed by atoms with E-state index in [-0.39, 0.29) is 5.82 Å². The van der Waals surface area contributed by atoms with Gasteiger partial charge in [-0.2, -0.15) is 0 Å². The second kappa shape index (κ2) is 5.40. The summed E-state index contributed by atoms with van der Waals surface area (Å²) >= 11 is 3.37. The zero-order valence-corrected chi connectivity index (χ0v) is 11.6. The first-order valence-electron chi connectivity index (χ1n) is 5.33. The minimum absolute atomic E-state index is 0.298. The third-order valence-electron chi connectivity index (χ3n) is 2.65. The molecule has 94 valence electrons. The zero-order chi connectivity index (χ0) is 13.1. The number of ether oxygens (including phenoxy) is 2. The molecule has 0 aromatic heterocycles. The predicted molar refractivity (Wildman–Crippen MR) is 72.6 cm³/mol. The highest BCUT2D eigenvalue weighted by molar-refractivity contribution is 9.10. The Balaban J connectivity index is 2.55. The average Bonchev–Trinajstić information content (AvgIpc) is 2.40. The molecular formula is C14H12BrFO2. The van der Waals surface area contributed by atoms with Crippen molar-refractivity contribution in [2.24, 2.45) is 0 Å². The van der Waals surface area contributed by atoms with E-state index in [1.807, 2.05) is 0 Å². The van der Waals surface area contributed by atoms with Crippen molar-refractivity contribution in [1.29, 1.82) is 0 Å². The summed E-state index contributed by atoms with van der Waals surface area (Å²) in [6, 6.07) is 10.2. The lowest BCUT2D eigenvalue weighted by Crippen LogP contribution is -1.91. The fourth-order valence-electron chi connectivity index (χ4n) is 1.71. The van der Waals surface area contributed by atoms with E-state index in [0.717, 1.165) is 11.3 Å². The van der Waals surface area contributed by atoms with Gasteiger partial charge in [-0.15, -0.1) is 0 Å². The molecule has 0 aliphatic heterocycles. The molecule has 0 unspecified atom stereocenters. The lowest BCUT2D eigenvalue weighted by Gasteiger charge is -2.11. The molecule has 18 heavy (non-hydrogen) atoms. The Labute approximate surface area is 113 Å². The minimum Gasteiger partial charge on any atom is -0.497 e. The van der Waals surface area contributed by atoms with Gasteiger partial charge in [-0.25, -0.2) is 4.39 Å². The third kappa shape index (κ3) is 2.34. The highest BCUT2D eigenvalue weighted by Gasteiger charge is 2.13. The molecular weight excluding hydrogens is 299 g/mol. The number of halogens is 2. The van der Waals surface area contributed by atoms with Crippen LogP contribution in [0.4, 0.5) is 4.39 Å². The van der Waals surface area contributed by atoms with Crippen LogP contribution in [-0.2, 0) is 0 Å². The Morgan fingerprint density at radius 2 is 1.61 bits per heavy atom. The van der Waals surface area contributed by atoms with Gasteiger partial charge in [0.05, 0.1) is 18.7 Å². The van der Waals surface area contributed by atoms with Crippen LogP contribution in [0.15, 0.2) is 40.9 Å². The smallest absolute Gasteiger partial charge is 0.133 e. The van der Waals surface area contributed by atoms with Gasteiger partial charge in [0.2, 0.25) is 0 Å². The van der Waals surface area contributed by atoms with Crippen molar-refractivity contribution < 1.29 is 13.9 Å². The maximum atomic E-state index is 13.9. The molecule has 0 saturated carbocycles. The largest absolute Gasteiger partial charge is 0.497 e. The van der Waals surface area contributed by atoms with Crippen LogP contribution in [0.25, 0.3) is 11.1 Å². The fourth-order valence-corrected chi connectivity index (χ4v) is 2.43. The van der Waals surface area contributed by atoms with Gasteiger partial charge in [-0.05, 0) is 45.8 Å². The maximum Gasteiger partial charge on any atom is 0.133 e. The SMILES string of the molecule is COc1ccc(-c2c(F)ccc(OC)c2Br)cc1. The summed E-state index contributed by atoms with van der Waals surface area (Å²) in [4.78, 5) is 0. The highest BCUT2D eigenvalue weighted by atomic mass is 79.9. The summed E-state index contributed by atoms with van der Waals surface area (Å²) in [5.74, 6) is 1.04. The van der Waals surface area contributed by atoms with E-state index in [2.05, 4.69) is 15.9 Å². The number of methoxy groups -OCH3 is 2. The van der Waals surface area contributed by atoms with E-state index in [1.165, 1.54) is 6.07 Å². The summed E-state index contributed by atoms with van der Waals surface area (Å²) in [5.41, 5.74) is 1.25. The van der Waals surface area contributed by atoms with E-state index in [1.54, 1.807) is 44.6 Å². The molecule has 0 spiro atoms. The van der Waals surface area contributed by atoms with E-state index in [0.29, 0.717) is 15.8 Å².